The Morgan fingerprint density at radius 1 is 1.26 bits per heavy atom. The third-order valence-corrected chi connectivity index (χ3v) is 4.94. The fourth-order valence-corrected chi connectivity index (χ4v) is 3.33. The van der Waals surface area contributed by atoms with E-state index in [0.717, 1.165) is 48.6 Å². The number of nitrogens with two attached hydrogens (primary N) is 1. The summed E-state index contributed by atoms with van der Waals surface area (Å²) in [5, 5.41) is 5.18. The molecular formula is C17H19ClN4O. The van der Waals surface area contributed by atoms with Gasteiger partial charge in [0.1, 0.15) is 17.6 Å². The molecule has 1 aliphatic heterocycles. The summed E-state index contributed by atoms with van der Waals surface area (Å²) in [6.07, 6.45) is 5.49. The SMILES string of the molecule is CC1(N)CCN(c2cnn3c(-c4ccccc4Cl)coc23)CC1. The zero-order valence-electron chi connectivity index (χ0n) is 13.0. The van der Waals surface area contributed by atoms with Crippen molar-refractivity contribution in [3.05, 3.63) is 41.7 Å². The van der Waals surface area contributed by atoms with Crippen molar-refractivity contribution in [2.75, 3.05) is 18.0 Å². The van der Waals surface area contributed by atoms with E-state index in [9.17, 15) is 0 Å². The van der Waals surface area contributed by atoms with Crippen LogP contribution in [-0.4, -0.2) is 28.2 Å². The summed E-state index contributed by atoms with van der Waals surface area (Å²) in [6, 6.07) is 7.70. The molecule has 120 valence electrons. The Labute approximate surface area is 139 Å². The molecule has 5 nitrogen and oxygen atoms in total. The molecule has 0 amide bonds. The van der Waals surface area contributed by atoms with E-state index in [-0.39, 0.29) is 5.54 Å². The van der Waals surface area contributed by atoms with Crippen molar-refractivity contribution >= 4 is 23.0 Å². The second-order valence-corrected chi connectivity index (χ2v) is 6.90. The van der Waals surface area contributed by atoms with Gasteiger partial charge in [-0.1, -0.05) is 29.8 Å². The van der Waals surface area contributed by atoms with Crippen LogP contribution in [0.1, 0.15) is 19.8 Å². The molecule has 0 unspecified atom stereocenters. The Balaban J connectivity index is 1.71. The van der Waals surface area contributed by atoms with Gasteiger partial charge in [-0.25, -0.2) is 0 Å². The molecular weight excluding hydrogens is 312 g/mol. The van der Waals surface area contributed by atoms with Gasteiger partial charge >= 0.3 is 0 Å². The summed E-state index contributed by atoms with van der Waals surface area (Å²) in [5.74, 6) is 0. The first-order valence-electron chi connectivity index (χ1n) is 7.79. The molecule has 1 aliphatic rings. The molecule has 4 rings (SSSR count). The van der Waals surface area contributed by atoms with Gasteiger partial charge in [0, 0.05) is 24.2 Å². The summed E-state index contributed by atoms with van der Waals surface area (Å²) in [7, 11) is 0. The van der Waals surface area contributed by atoms with Gasteiger partial charge in [0.2, 0.25) is 5.71 Å². The van der Waals surface area contributed by atoms with Gasteiger partial charge < -0.3 is 15.1 Å². The molecule has 2 aromatic heterocycles. The minimum Gasteiger partial charge on any atom is -0.443 e. The van der Waals surface area contributed by atoms with Crippen molar-refractivity contribution in [2.45, 2.75) is 25.3 Å². The van der Waals surface area contributed by atoms with Gasteiger partial charge in [0.25, 0.3) is 0 Å². The standard InChI is InChI=1S/C17H19ClN4O/c1-17(19)6-8-21(9-7-17)14-10-20-22-15(11-23-16(14)22)12-4-2-3-5-13(12)18/h2-5,10-11H,6-9,19H2,1H3. The highest BCUT2D eigenvalue weighted by molar-refractivity contribution is 6.33. The summed E-state index contributed by atoms with van der Waals surface area (Å²) in [6.45, 7) is 3.94. The topological polar surface area (TPSA) is 59.7 Å². The van der Waals surface area contributed by atoms with Crippen molar-refractivity contribution in [1.29, 1.82) is 0 Å². The predicted octanol–water partition coefficient (Wildman–Crippen LogP) is 3.57. The van der Waals surface area contributed by atoms with E-state index in [1.54, 1.807) is 6.26 Å². The molecule has 3 heterocycles. The Morgan fingerprint density at radius 3 is 2.74 bits per heavy atom. The van der Waals surface area contributed by atoms with Crippen LogP contribution in [0.25, 0.3) is 17.0 Å². The molecule has 0 bridgehead atoms. The Morgan fingerprint density at radius 2 is 2.00 bits per heavy atom. The lowest BCUT2D eigenvalue weighted by Crippen LogP contribution is -2.48. The maximum atomic E-state index is 6.30. The monoisotopic (exact) mass is 330 g/mol. The van der Waals surface area contributed by atoms with Gasteiger partial charge in [-0.15, -0.1) is 0 Å². The average Bonchev–Trinajstić information content (AvgIpc) is 3.10. The van der Waals surface area contributed by atoms with Crippen LogP contribution in [0, 0.1) is 0 Å². The van der Waals surface area contributed by atoms with Crippen LogP contribution in [0.4, 0.5) is 5.69 Å². The van der Waals surface area contributed by atoms with Gasteiger partial charge in [0.15, 0.2) is 0 Å². The maximum Gasteiger partial charge on any atom is 0.246 e. The van der Waals surface area contributed by atoms with Crippen molar-refractivity contribution in [3.63, 3.8) is 0 Å². The Kier molecular flexibility index (Phi) is 3.36. The second kappa shape index (κ2) is 5.28. The van der Waals surface area contributed by atoms with Crippen molar-refractivity contribution in [1.82, 2.24) is 9.61 Å². The summed E-state index contributed by atoms with van der Waals surface area (Å²) >= 11 is 6.30. The number of aromatic nitrogens is 2. The van der Waals surface area contributed by atoms with E-state index in [1.165, 1.54) is 0 Å². The number of fused-ring (bicyclic) bond motifs is 1. The number of benzene rings is 1. The number of anilines is 1. The van der Waals surface area contributed by atoms with Crippen LogP contribution < -0.4 is 10.6 Å². The normalized spacial score (nSPS) is 17.8. The Hall–Kier alpha value is -1.98. The average molecular weight is 331 g/mol. The maximum absolute atomic E-state index is 6.30. The smallest absolute Gasteiger partial charge is 0.246 e. The summed E-state index contributed by atoms with van der Waals surface area (Å²) in [4.78, 5) is 2.29. The van der Waals surface area contributed by atoms with E-state index in [2.05, 4.69) is 16.9 Å². The number of hydrogen-bond acceptors (Lipinski definition) is 4. The predicted molar refractivity (Wildman–Crippen MR) is 91.9 cm³/mol. The summed E-state index contributed by atoms with van der Waals surface area (Å²) < 4.78 is 7.62. The van der Waals surface area contributed by atoms with Crippen molar-refractivity contribution in [2.24, 2.45) is 5.73 Å². The lowest BCUT2D eigenvalue weighted by molar-refractivity contribution is 0.364. The molecule has 0 saturated carbocycles. The first-order valence-corrected chi connectivity index (χ1v) is 8.17. The van der Waals surface area contributed by atoms with Crippen LogP contribution in [0.5, 0.6) is 0 Å². The minimum absolute atomic E-state index is 0.0747. The largest absolute Gasteiger partial charge is 0.443 e. The quantitative estimate of drug-likeness (QED) is 0.780. The van der Waals surface area contributed by atoms with Gasteiger partial charge in [-0.05, 0) is 25.8 Å². The van der Waals surface area contributed by atoms with E-state index in [4.69, 9.17) is 21.8 Å². The van der Waals surface area contributed by atoms with E-state index in [1.807, 2.05) is 35.0 Å². The molecule has 0 radical (unpaired) electrons. The fourth-order valence-electron chi connectivity index (χ4n) is 3.09. The zero-order valence-corrected chi connectivity index (χ0v) is 13.8. The van der Waals surface area contributed by atoms with Crippen LogP contribution in [0.2, 0.25) is 5.02 Å². The Bertz CT molecular complexity index is 841. The first-order chi connectivity index (χ1) is 11.1. The molecule has 3 aromatic rings. The summed E-state index contributed by atoms with van der Waals surface area (Å²) in [5.41, 5.74) is 9.68. The number of halogens is 1. The molecule has 2 N–H and O–H groups in total. The van der Waals surface area contributed by atoms with Crippen LogP contribution in [0.3, 0.4) is 0 Å². The zero-order chi connectivity index (χ0) is 16.0. The molecule has 1 aromatic carbocycles. The third-order valence-electron chi connectivity index (χ3n) is 4.61. The van der Waals surface area contributed by atoms with Crippen LogP contribution >= 0.6 is 11.6 Å². The molecule has 23 heavy (non-hydrogen) atoms. The lowest BCUT2D eigenvalue weighted by atomic mass is 9.91. The number of oxazole rings is 1. The van der Waals surface area contributed by atoms with Crippen molar-refractivity contribution < 1.29 is 4.42 Å². The number of hydrogen-bond donors (Lipinski definition) is 1. The van der Waals surface area contributed by atoms with Gasteiger partial charge in [0.05, 0.1) is 11.2 Å². The highest BCUT2D eigenvalue weighted by atomic mass is 35.5. The number of piperidine rings is 1. The molecule has 0 spiro atoms. The fraction of sp³-hybridized carbons (Fsp3) is 0.353. The van der Waals surface area contributed by atoms with Crippen molar-refractivity contribution in [3.8, 4) is 11.3 Å². The van der Waals surface area contributed by atoms with E-state index < -0.39 is 0 Å². The minimum atomic E-state index is -0.0747. The third kappa shape index (κ3) is 2.50. The second-order valence-electron chi connectivity index (χ2n) is 6.49. The molecule has 0 atom stereocenters. The molecule has 0 aliphatic carbocycles. The van der Waals surface area contributed by atoms with E-state index in [0.29, 0.717) is 5.02 Å². The number of rotatable bonds is 2. The molecule has 1 fully saturated rings. The van der Waals surface area contributed by atoms with Gasteiger partial charge in [-0.2, -0.15) is 9.61 Å². The lowest BCUT2D eigenvalue weighted by Gasteiger charge is -2.37. The number of nitrogens with zero attached hydrogens (tertiary/aromatic N) is 3. The molecule has 1 saturated heterocycles. The first kappa shape index (κ1) is 14.6. The van der Waals surface area contributed by atoms with E-state index >= 15 is 0 Å². The van der Waals surface area contributed by atoms with Gasteiger partial charge in [-0.3, -0.25) is 0 Å². The highest BCUT2D eigenvalue weighted by Gasteiger charge is 2.28. The van der Waals surface area contributed by atoms with Crippen LogP contribution in [-0.2, 0) is 0 Å². The molecule has 6 heteroatoms. The highest BCUT2D eigenvalue weighted by Crippen LogP contribution is 2.33. The van der Waals surface area contributed by atoms with Crippen LogP contribution in [0.15, 0.2) is 41.1 Å².